The van der Waals surface area contributed by atoms with E-state index in [1.807, 2.05) is 29.0 Å². The summed E-state index contributed by atoms with van der Waals surface area (Å²) in [4.78, 5) is 0. The third kappa shape index (κ3) is 1.90. The van der Waals surface area contributed by atoms with Crippen molar-refractivity contribution >= 4 is 22.8 Å². The predicted octanol–water partition coefficient (Wildman–Crippen LogP) is 3.66. The first-order valence-electron chi connectivity index (χ1n) is 5.90. The van der Waals surface area contributed by atoms with Gasteiger partial charge in [0, 0.05) is 6.07 Å². The monoisotopic (exact) mass is 274 g/mol. The van der Waals surface area contributed by atoms with Gasteiger partial charge >= 0.3 is 0 Å². The van der Waals surface area contributed by atoms with E-state index in [0.29, 0.717) is 0 Å². The van der Waals surface area contributed by atoms with Gasteiger partial charge in [0.05, 0.1) is 18.2 Å². The number of hydrogen-bond acceptors (Lipinski definition) is 4. The van der Waals surface area contributed by atoms with Crippen molar-refractivity contribution in [1.29, 1.82) is 0 Å². The zero-order valence-electron chi connectivity index (χ0n) is 11.0. The number of nitrogens with zero attached hydrogens (tertiary/aromatic N) is 2. The molecule has 0 radical (unpaired) electrons. The lowest BCUT2D eigenvalue weighted by Crippen LogP contribution is -1.97. The molecule has 0 bridgehead atoms. The van der Waals surface area contributed by atoms with Crippen molar-refractivity contribution in [2.75, 3.05) is 13.4 Å². The van der Waals surface area contributed by atoms with Crippen LogP contribution >= 0.6 is 11.8 Å². The number of methoxy groups -OCH3 is 1. The molecule has 0 amide bonds. The summed E-state index contributed by atoms with van der Waals surface area (Å²) in [6.45, 7) is 2.06. The molecular formula is C14H14N2O2S. The molecule has 2 heterocycles. The number of benzene rings is 1. The van der Waals surface area contributed by atoms with Gasteiger partial charge in [-0.05, 0) is 25.3 Å². The van der Waals surface area contributed by atoms with Crippen LogP contribution in [0.25, 0.3) is 16.7 Å². The molecule has 0 saturated heterocycles. The molecule has 0 atom stereocenters. The molecule has 0 aliphatic heterocycles. The van der Waals surface area contributed by atoms with Crippen LogP contribution in [-0.4, -0.2) is 23.1 Å². The number of ether oxygens (including phenoxy) is 1. The zero-order chi connectivity index (χ0) is 13.4. The van der Waals surface area contributed by atoms with Gasteiger partial charge in [0.25, 0.3) is 0 Å². The highest BCUT2D eigenvalue weighted by molar-refractivity contribution is 7.98. The van der Waals surface area contributed by atoms with Crippen LogP contribution < -0.4 is 4.74 Å². The van der Waals surface area contributed by atoms with Gasteiger partial charge in [-0.1, -0.05) is 34.6 Å². The molecule has 0 spiro atoms. The smallest absolute Gasteiger partial charge is 0.202 e. The van der Waals surface area contributed by atoms with E-state index in [-0.39, 0.29) is 0 Å². The largest absolute Gasteiger partial charge is 0.482 e. The Hall–Kier alpha value is -1.88. The molecule has 2 aromatic heterocycles. The van der Waals surface area contributed by atoms with Gasteiger partial charge in [-0.25, -0.2) is 0 Å². The van der Waals surface area contributed by atoms with E-state index >= 15 is 0 Å². The van der Waals surface area contributed by atoms with Crippen molar-refractivity contribution < 1.29 is 9.26 Å². The standard InChI is InChI=1S/C14H14N2O2S/c1-9-4-6-10(7-5-9)16-12(17-2)8-11-13(16)15-18-14(11)19-3/h4-8H,1-3H3. The van der Waals surface area contributed by atoms with Crippen molar-refractivity contribution in [2.24, 2.45) is 0 Å². The molecule has 3 rings (SSSR count). The first-order chi connectivity index (χ1) is 9.24. The Morgan fingerprint density at radius 2 is 2.00 bits per heavy atom. The van der Waals surface area contributed by atoms with Crippen LogP contribution in [0.4, 0.5) is 0 Å². The van der Waals surface area contributed by atoms with Gasteiger partial charge in [0.1, 0.15) is 0 Å². The summed E-state index contributed by atoms with van der Waals surface area (Å²) >= 11 is 1.54. The molecule has 0 saturated carbocycles. The number of fused-ring (bicyclic) bond motifs is 1. The number of thioether (sulfide) groups is 1. The summed E-state index contributed by atoms with van der Waals surface area (Å²) in [6, 6.07) is 10.2. The lowest BCUT2D eigenvalue weighted by atomic mass is 10.2. The van der Waals surface area contributed by atoms with Crippen molar-refractivity contribution in [3.8, 4) is 11.6 Å². The Morgan fingerprint density at radius 1 is 1.26 bits per heavy atom. The highest BCUT2D eigenvalue weighted by Gasteiger charge is 2.18. The molecular weight excluding hydrogens is 260 g/mol. The number of hydrogen-bond donors (Lipinski definition) is 0. The van der Waals surface area contributed by atoms with E-state index in [1.54, 1.807) is 7.11 Å². The topological polar surface area (TPSA) is 40.2 Å². The first-order valence-corrected chi connectivity index (χ1v) is 7.13. The summed E-state index contributed by atoms with van der Waals surface area (Å²) in [6.07, 6.45) is 1.97. The fraction of sp³-hybridized carbons (Fsp3) is 0.214. The lowest BCUT2D eigenvalue weighted by molar-refractivity contribution is 0.351. The third-order valence-electron chi connectivity index (χ3n) is 3.06. The third-order valence-corrected chi connectivity index (χ3v) is 3.73. The van der Waals surface area contributed by atoms with Gasteiger partial charge in [0.15, 0.2) is 11.5 Å². The van der Waals surface area contributed by atoms with E-state index < -0.39 is 0 Å². The van der Waals surface area contributed by atoms with Gasteiger partial charge in [-0.3, -0.25) is 4.57 Å². The molecule has 19 heavy (non-hydrogen) atoms. The van der Waals surface area contributed by atoms with E-state index in [1.165, 1.54) is 17.3 Å². The Labute approximate surface area is 115 Å². The molecule has 5 heteroatoms. The normalized spacial score (nSPS) is 11.1. The predicted molar refractivity (Wildman–Crippen MR) is 76.4 cm³/mol. The summed E-state index contributed by atoms with van der Waals surface area (Å²) in [5, 5.41) is 5.93. The molecule has 0 aliphatic carbocycles. The summed E-state index contributed by atoms with van der Waals surface area (Å²) < 4.78 is 12.7. The molecule has 0 aliphatic rings. The number of rotatable bonds is 3. The molecule has 1 aromatic carbocycles. The maximum absolute atomic E-state index is 5.44. The molecule has 98 valence electrons. The second kappa shape index (κ2) is 4.66. The van der Waals surface area contributed by atoms with Crippen molar-refractivity contribution in [3.63, 3.8) is 0 Å². The molecule has 4 nitrogen and oxygen atoms in total. The Kier molecular flexibility index (Phi) is 2.98. The second-order valence-electron chi connectivity index (χ2n) is 4.27. The van der Waals surface area contributed by atoms with Crippen LogP contribution in [0.2, 0.25) is 0 Å². The van der Waals surface area contributed by atoms with E-state index in [2.05, 4.69) is 24.2 Å². The average Bonchev–Trinajstić information content (AvgIpc) is 2.97. The number of aryl methyl sites for hydroxylation is 1. The Morgan fingerprint density at radius 3 is 2.63 bits per heavy atom. The minimum absolute atomic E-state index is 0.757. The molecule has 0 unspecified atom stereocenters. The molecule has 3 aromatic rings. The SMILES string of the molecule is COc1cc2c(SC)onc2n1-c1ccc(C)cc1. The summed E-state index contributed by atoms with van der Waals surface area (Å²) in [5.74, 6) is 0.757. The van der Waals surface area contributed by atoms with Crippen LogP contribution in [0.1, 0.15) is 5.56 Å². The second-order valence-corrected chi connectivity index (χ2v) is 5.05. The fourth-order valence-corrected chi connectivity index (χ4v) is 2.57. The van der Waals surface area contributed by atoms with E-state index in [9.17, 15) is 0 Å². The summed E-state index contributed by atoms with van der Waals surface area (Å²) in [5.41, 5.74) is 3.01. The molecule has 0 fully saturated rings. The average molecular weight is 274 g/mol. The van der Waals surface area contributed by atoms with Crippen LogP contribution in [0.5, 0.6) is 5.88 Å². The van der Waals surface area contributed by atoms with Crippen molar-refractivity contribution in [2.45, 2.75) is 12.0 Å². The van der Waals surface area contributed by atoms with Gasteiger partial charge < -0.3 is 9.26 Å². The minimum Gasteiger partial charge on any atom is -0.482 e. The number of aromatic nitrogens is 2. The lowest BCUT2D eigenvalue weighted by Gasteiger charge is -2.08. The maximum Gasteiger partial charge on any atom is 0.202 e. The van der Waals surface area contributed by atoms with Gasteiger partial charge in [0.2, 0.25) is 5.09 Å². The van der Waals surface area contributed by atoms with Crippen LogP contribution in [0, 0.1) is 6.92 Å². The van der Waals surface area contributed by atoms with Crippen molar-refractivity contribution in [3.05, 3.63) is 35.9 Å². The fourth-order valence-electron chi connectivity index (χ4n) is 2.09. The highest BCUT2D eigenvalue weighted by atomic mass is 32.2. The minimum atomic E-state index is 0.757. The first kappa shape index (κ1) is 12.2. The van der Waals surface area contributed by atoms with Gasteiger partial charge in [-0.2, -0.15) is 0 Å². The highest BCUT2D eigenvalue weighted by Crippen LogP contribution is 2.34. The van der Waals surface area contributed by atoms with Crippen LogP contribution in [0.15, 0.2) is 39.9 Å². The quantitative estimate of drug-likeness (QED) is 0.683. The van der Waals surface area contributed by atoms with E-state index in [4.69, 9.17) is 9.26 Å². The summed E-state index contributed by atoms with van der Waals surface area (Å²) in [7, 11) is 1.66. The zero-order valence-corrected chi connectivity index (χ0v) is 11.8. The molecule has 0 N–H and O–H groups in total. The van der Waals surface area contributed by atoms with Crippen molar-refractivity contribution in [1.82, 2.24) is 9.72 Å². The van der Waals surface area contributed by atoms with Crippen LogP contribution in [0.3, 0.4) is 0 Å². The Bertz CT molecular complexity index is 713. The Balaban J connectivity index is 2.26. The van der Waals surface area contributed by atoms with E-state index in [0.717, 1.165) is 27.7 Å². The maximum atomic E-state index is 5.44. The van der Waals surface area contributed by atoms with Gasteiger partial charge in [-0.15, -0.1) is 0 Å². The van der Waals surface area contributed by atoms with Crippen LogP contribution in [-0.2, 0) is 0 Å².